The van der Waals surface area contributed by atoms with Crippen LogP contribution < -0.4 is 16.4 Å². The van der Waals surface area contributed by atoms with Crippen molar-refractivity contribution in [1.82, 2.24) is 10.6 Å². The van der Waals surface area contributed by atoms with E-state index in [1.165, 1.54) is 12.1 Å². The number of hydrogen-bond acceptors (Lipinski definition) is 3. The fourth-order valence-corrected chi connectivity index (χ4v) is 1.80. The number of benzene rings is 1. The average Bonchev–Trinajstić information content (AvgIpc) is 3.19. The van der Waals surface area contributed by atoms with Gasteiger partial charge in [0.2, 0.25) is 11.8 Å². The van der Waals surface area contributed by atoms with Gasteiger partial charge in [0.1, 0.15) is 5.82 Å². The first-order chi connectivity index (χ1) is 9.56. The van der Waals surface area contributed by atoms with Gasteiger partial charge in [-0.2, -0.15) is 0 Å². The molecule has 1 aliphatic rings. The van der Waals surface area contributed by atoms with Gasteiger partial charge in [-0.25, -0.2) is 4.39 Å². The van der Waals surface area contributed by atoms with Gasteiger partial charge in [-0.3, -0.25) is 9.59 Å². The molecule has 0 spiro atoms. The highest BCUT2D eigenvalue weighted by Gasteiger charge is 2.22. The van der Waals surface area contributed by atoms with E-state index in [-0.39, 0.29) is 11.5 Å². The van der Waals surface area contributed by atoms with Crippen molar-refractivity contribution in [3.63, 3.8) is 0 Å². The largest absolute Gasteiger partial charge is 0.366 e. The first-order valence-corrected chi connectivity index (χ1v) is 6.64. The van der Waals surface area contributed by atoms with Gasteiger partial charge >= 0.3 is 0 Å². The van der Waals surface area contributed by atoms with Gasteiger partial charge in [0.05, 0.1) is 0 Å². The maximum absolute atomic E-state index is 13.6. The van der Waals surface area contributed by atoms with Gasteiger partial charge in [-0.05, 0) is 25.0 Å². The normalized spacial score (nSPS) is 14.1. The summed E-state index contributed by atoms with van der Waals surface area (Å²) in [5.41, 5.74) is 5.66. The van der Waals surface area contributed by atoms with Crippen molar-refractivity contribution in [2.45, 2.75) is 31.8 Å². The summed E-state index contributed by atoms with van der Waals surface area (Å²) in [5, 5.41) is 5.88. The minimum Gasteiger partial charge on any atom is -0.366 e. The van der Waals surface area contributed by atoms with E-state index in [9.17, 15) is 14.0 Å². The second-order valence-electron chi connectivity index (χ2n) is 4.94. The van der Waals surface area contributed by atoms with Crippen LogP contribution in [-0.4, -0.2) is 24.4 Å². The van der Waals surface area contributed by atoms with Crippen molar-refractivity contribution in [2.75, 3.05) is 6.54 Å². The molecule has 0 saturated heterocycles. The molecular weight excluding hydrogens is 261 g/mol. The Morgan fingerprint density at radius 3 is 2.70 bits per heavy atom. The monoisotopic (exact) mass is 279 g/mol. The molecule has 2 amide bonds. The zero-order valence-corrected chi connectivity index (χ0v) is 11.1. The molecule has 0 heterocycles. The van der Waals surface area contributed by atoms with E-state index >= 15 is 0 Å². The second-order valence-corrected chi connectivity index (χ2v) is 4.94. The van der Waals surface area contributed by atoms with E-state index in [1.807, 2.05) is 0 Å². The Morgan fingerprint density at radius 2 is 2.10 bits per heavy atom. The lowest BCUT2D eigenvalue weighted by Gasteiger charge is -2.07. The van der Waals surface area contributed by atoms with Crippen LogP contribution in [0.2, 0.25) is 0 Å². The third-order valence-corrected chi connectivity index (χ3v) is 3.12. The third-order valence-electron chi connectivity index (χ3n) is 3.12. The zero-order valence-electron chi connectivity index (χ0n) is 11.1. The SMILES string of the molecule is NC(=O)c1ccc(CNCCC(=O)NC2CC2)c(F)c1. The maximum atomic E-state index is 13.6. The molecule has 5 nitrogen and oxygen atoms in total. The summed E-state index contributed by atoms with van der Waals surface area (Å²) in [5.74, 6) is -1.11. The van der Waals surface area contributed by atoms with E-state index in [4.69, 9.17) is 5.73 Å². The summed E-state index contributed by atoms with van der Waals surface area (Å²) in [6, 6.07) is 4.50. The van der Waals surface area contributed by atoms with Crippen LogP contribution in [0.5, 0.6) is 0 Å². The Morgan fingerprint density at radius 1 is 1.35 bits per heavy atom. The Balaban J connectivity index is 1.73. The Hall–Kier alpha value is -1.95. The first kappa shape index (κ1) is 14.5. The summed E-state index contributed by atoms with van der Waals surface area (Å²) >= 11 is 0. The van der Waals surface area contributed by atoms with Crippen LogP contribution in [0.25, 0.3) is 0 Å². The Bertz CT molecular complexity index is 515. The predicted octanol–water partition coefficient (Wildman–Crippen LogP) is 0.683. The molecule has 0 atom stereocenters. The molecule has 0 aromatic heterocycles. The number of nitrogens with one attached hydrogen (secondary N) is 2. The number of halogens is 1. The van der Waals surface area contributed by atoms with Crippen LogP contribution in [-0.2, 0) is 11.3 Å². The molecular formula is C14H18FN3O2. The summed E-state index contributed by atoms with van der Waals surface area (Å²) in [7, 11) is 0. The molecule has 0 radical (unpaired) electrons. The quantitative estimate of drug-likeness (QED) is 0.642. The Kier molecular flexibility index (Phi) is 4.68. The number of carbonyl (C=O) groups is 2. The average molecular weight is 279 g/mol. The third kappa shape index (κ3) is 4.31. The van der Waals surface area contributed by atoms with Crippen LogP contribution >= 0.6 is 0 Å². The van der Waals surface area contributed by atoms with Crippen molar-refractivity contribution in [1.29, 1.82) is 0 Å². The van der Waals surface area contributed by atoms with Gasteiger partial charge in [0.25, 0.3) is 0 Å². The summed E-state index contributed by atoms with van der Waals surface area (Å²) in [4.78, 5) is 22.3. The maximum Gasteiger partial charge on any atom is 0.248 e. The molecule has 0 aliphatic heterocycles. The number of amides is 2. The van der Waals surface area contributed by atoms with Gasteiger partial charge in [0, 0.05) is 36.7 Å². The van der Waals surface area contributed by atoms with E-state index in [0.29, 0.717) is 31.1 Å². The van der Waals surface area contributed by atoms with Crippen molar-refractivity contribution >= 4 is 11.8 Å². The zero-order chi connectivity index (χ0) is 14.5. The Labute approximate surface area is 116 Å². The highest BCUT2D eigenvalue weighted by Crippen LogP contribution is 2.18. The second kappa shape index (κ2) is 6.47. The van der Waals surface area contributed by atoms with Crippen LogP contribution in [0.4, 0.5) is 4.39 Å². The van der Waals surface area contributed by atoms with Crippen molar-refractivity contribution in [3.05, 3.63) is 35.1 Å². The van der Waals surface area contributed by atoms with Gasteiger partial charge < -0.3 is 16.4 Å². The van der Waals surface area contributed by atoms with Crippen LogP contribution in [0.3, 0.4) is 0 Å². The fraction of sp³-hybridized carbons (Fsp3) is 0.429. The standard InChI is InChI=1S/C14H18FN3O2/c15-12-7-9(14(16)20)1-2-10(12)8-17-6-5-13(19)18-11-3-4-11/h1-2,7,11,17H,3-6,8H2,(H2,16,20)(H,18,19). The fourth-order valence-electron chi connectivity index (χ4n) is 1.80. The minimum atomic E-state index is -0.653. The van der Waals surface area contributed by atoms with Gasteiger partial charge in [-0.1, -0.05) is 6.07 Å². The lowest BCUT2D eigenvalue weighted by Crippen LogP contribution is -2.29. The number of rotatable bonds is 7. The molecule has 1 fully saturated rings. The van der Waals surface area contributed by atoms with E-state index in [1.54, 1.807) is 0 Å². The molecule has 20 heavy (non-hydrogen) atoms. The van der Waals surface area contributed by atoms with Crippen LogP contribution in [0.1, 0.15) is 35.2 Å². The van der Waals surface area contributed by atoms with Crippen molar-refractivity contribution in [2.24, 2.45) is 5.73 Å². The van der Waals surface area contributed by atoms with Crippen LogP contribution in [0.15, 0.2) is 18.2 Å². The number of hydrogen-bond donors (Lipinski definition) is 3. The molecule has 108 valence electrons. The molecule has 0 unspecified atom stereocenters. The van der Waals surface area contributed by atoms with Gasteiger partial charge in [0.15, 0.2) is 0 Å². The van der Waals surface area contributed by atoms with Gasteiger partial charge in [-0.15, -0.1) is 0 Å². The topological polar surface area (TPSA) is 84.2 Å². The first-order valence-electron chi connectivity index (χ1n) is 6.64. The molecule has 1 aromatic carbocycles. The van der Waals surface area contributed by atoms with Crippen LogP contribution in [0, 0.1) is 5.82 Å². The summed E-state index contributed by atoms with van der Waals surface area (Å²) < 4.78 is 13.6. The highest BCUT2D eigenvalue weighted by molar-refractivity contribution is 5.92. The number of carbonyl (C=O) groups excluding carboxylic acids is 2. The van der Waals surface area contributed by atoms with Crippen molar-refractivity contribution in [3.8, 4) is 0 Å². The minimum absolute atomic E-state index is 0.0181. The lowest BCUT2D eigenvalue weighted by molar-refractivity contribution is -0.121. The molecule has 1 aromatic rings. The molecule has 1 aliphatic carbocycles. The van der Waals surface area contributed by atoms with E-state index in [0.717, 1.165) is 18.9 Å². The highest BCUT2D eigenvalue weighted by atomic mass is 19.1. The predicted molar refractivity (Wildman–Crippen MR) is 72.4 cm³/mol. The molecule has 4 N–H and O–H groups in total. The molecule has 6 heteroatoms. The smallest absolute Gasteiger partial charge is 0.248 e. The lowest BCUT2D eigenvalue weighted by atomic mass is 10.1. The molecule has 0 bridgehead atoms. The van der Waals surface area contributed by atoms with E-state index in [2.05, 4.69) is 10.6 Å². The molecule has 2 rings (SSSR count). The number of nitrogens with two attached hydrogens (primary N) is 1. The number of primary amides is 1. The summed E-state index contributed by atoms with van der Waals surface area (Å²) in [6.07, 6.45) is 2.50. The van der Waals surface area contributed by atoms with E-state index < -0.39 is 11.7 Å². The van der Waals surface area contributed by atoms with Crippen molar-refractivity contribution < 1.29 is 14.0 Å². The summed E-state index contributed by atoms with van der Waals surface area (Å²) in [6.45, 7) is 0.789. The molecule has 1 saturated carbocycles.